The summed E-state index contributed by atoms with van der Waals surface area (Å²) < 4.78 is 0. The summed E-state index contributed by atoms with van der Waals surface area (Å²) >= 11 is 1.60. The molecule has 4 rings (SSSR count). The second-order valence-corrected chi connectivity index (χ2v) is 7.12. The van der Waals surface area contributed by atoms with Crippen LogP contribution in [0.25, 0.3) is 10.9 Å². The van der Waals surface area contributed by atoms with Gasteiger partial charge in [-0.1, -0.05) is 12.1 Å². The molecule has 0 spiro atoms. The molecule has 0 aliphatic heterocycles. The van der Waals surface area contributed by atoms with Crippen molar-refractivity contribution in [3.63, 3.8) is 0 Å². The van der Waals surface area contributed by atoms with Crippen LogP contribution >= 0.6 is 11.3 Å². The van der Waals surface area contributed by atoms with E-state index in [9.17, 15) is 4.79 Å². The molecule has 0 saturated heterocycles. The molecule has 0 unspecified atom stereocenters. The number of fused-ring (bicyclic) bond motifs is 3. The predicted octanol–water partition coefficient (Wildman–Crippen LogP) is 3.74. The van der Waals surface area contributed by atoms with Crippen LogP contribution in [0.3, 0.4) is 0 Å². The number of benzene rings is 1. The maximum atomic E-state index is 12.6. The van der Waals surface area contributed by atoms with Crippen molar-refractivity contribution in [3.8, 4) is 0 Å². The van der Waals surface area contributed by atoms with Crippen molar-refractivity contribution in [1.82, 2.24) is 15.3 Å². The molecule has 0 radical (unpaired) electrons. The van der Waals surface area contributed by atoms with Gasteiger partial charge in [-0.2, -0.15) is 0 Å². The highest BCUT2D eigenvalue weighted by molar-refractivity contribution is 7.09. The number of nitrogens with one attached hydrogen (secondary N) is 2. The summed E-state index contributed by atoms with van der Waals surface area (Å²) in [6.45, 7) is 2.44. The highest BCUT2D eigenvalue weighted by atomic mass is 32.1. The van der Waals surface area contributed by atoms with Gasteiger partial charge in [0.25, 0.3) is 5.91 Å². The molecular formula is C18H19N3OS. The number of amides is 1. The predicted molar refractivity (Wildman–Crippen MR) is 93.0 cm³/mol. The normalized spacial score (nSPS) is 14.0. The fraction of sp³-hybridized carbons (Fsp3) is 0.333. The average Bonchev–Trinajstić information content (AvgIpc) is 3.15. The first kappa shape index (κ1) is 14.5. The van der Waals surface area contributed by atoms with Crippen LogP contribution in [-0.2, 0) is 19.4 Å². The van der Waals surface area contributed by atoms with E-state index >= 15 is 0 Å². The first-order valence-corrected chi connectivity index (χ1v) is 8.92. The van der Waals surface area contributed by atoms with Gasteiger partial charge >= 0.3 is 0 Å². The van der Waals surface area contributed by atoms with Gasteiger partial charge in [-0.25, -0.2) is 4.98 Å². The van der Waals surface area contributed by atoms with Gasteiger partial charge in [-0.05, 0) is 44.2 Å². The zero-order chi connectivity index (χ0) is 15.8. The Morgan fingerprint density at radius 3 is 3.04 bits per heavy atom. The van der Waals surface area contributed by atoms with Crippen LogP contribution in [0.4, 0.5) is 0 Å². The Kier molecular flexibility index (Phi) is 3.65. The van der Waals surface area contributed by atoms with E-state index in [0.717, 1.165) is 34.6 Å². The molecule has 0 bridgehead atoms. The molecule has 5 heteroatoms. The van der Waals surface area contributed by atoms with E-state index in [1.165, 1.54) is 29.5 Å². The van der Waals surface area contributed by atoms with E-state index in [0.29, 0.717) is 6.54 Å². The molecule has 4 nitrogen and oxygen atoms in total. The van der Waals surface area contributed by atoms with Crippen molar-refractivity contribution < 1.29 is 4.79 Å². The Balaban J connectivity index is 1.62. The number of hydrogen-bond donors (Lipinski definition) is 2. The van der Waals surface area contributed by atoms with Gasteiger partial charge in [0.1, 0.15) is 0 Å². The maximum Gasteiger partial charge on any atom is 0.253 e. The highest BCUT2D eigenvalue weighted by Gasteiger charge is 2.19. The summed E-state index contributed by atoms with van der Waals surface area (Å²) in [5.74, 6) is -0.0418. The molecule has 0 fully saturated rings. The van der Waals surface area contributed by atoms with Gasteiger partial charge < -0.3 is 10.3 Å². The third-order valence-corrected chi connectivity index (χ3v) is 5.30. The van der Waals surface area contributed by atoms with Gasteiger partial charge in [0.05, 0.1) is 28.3 Å². The quantitative estimate of drug-likeness (QED) is 0.770. The number of H-pyrrole nitrogens is 1. The molecule has 1 aromatic carbocycles. The standard InChI is InChI=1S/C18H19N3OS/c1-11-20-12(10-23-11)9-19-18(22)15-7-4-6-14-13-5-2-3-8-16(13)21-17(14)15/h4,6-7,10,21H,2-3,5,8-9H2,1H3,(H,19,22). The Bertz CT molecular complexity index is 878. The van der Waals surface area contributed by atoms with E-state index in [1.54, 1.807) is 11.3 Å². The molecule has 3 aromatic rings. The number of aromatic amines is 1. The molecule has 118 valence electrons. The number of aryl methyl sites for hydroxylation is 3. The van der Waals surface area contributed by atoms with Crippen molar-refractivity contribution in [2.24, 2.45) is 0 Å². The van der Waals surface area contributed by atoms with Crippen molar-refractivity contribution in [3.05, 3.63) is 51.1 Å². The molecule has 1 amide bonds. The van der Waals surface area contributed by atoms with Crippen molar-refractivity contribution in [2.45, 2.75) is 39.2 Å². The van der Waals surface area contributed by atoms with Crippen molar-refractivity contribution in [1.29, 1.82) is 0 Å². The topological polar surface area (TPSA) is 57.8 Å². The van der Waals surface area contributed by atoms with Crippen LogP contribution in [0.15, 0.2) is 23.6 Å². The lowest BCUT2D eigenvalue weighted by atomic mass is 9.95. The lowest BCUT2D eigenvalue weighted by Gasteiger charge is -2.10. The van der Waals surface area contributed by atoms with Crippen LogP contribution < -0.4 is 5.32 Å². The van der Waals surface area contributed by atoms with E-state index in [-0.39, 0.29) is 5.91 Å². The summed E-state index contributed by atoms with van der Waals surface area (Å²) in [6.07, 6.45) is 4.66. The number of para-hydroxylation sites is 1. The Hall–Kier alpha value is -2.14. The number of thiazole rings is 1. The monoisotopic (exact) mass is 325 g/mol. The van der Waals surface area contributed by atoms with Crippen LogP contribution in [0.2, 0.25) is 0 Å². The number of hydrogen-bond acceptors (Lipinski definition) is 3. The van der Waals surface area contributed by atoms with Gasteiger partial charge in [0.2, 0.25) is 0 Å². The second-order valence-electron chi connectivity index (χ2n) is 6.06. The molecule has 1 aliphatic rings. The van der Waals surface area contributed by atoms with E-state index in [2.05, 4.69) is 21.4 Å². The third kappa shape index (κ3) is 2.65. The van der Waals surface area contributed by atoms with Crippen LogP contribution in [0, 0.1) is 6.92 Å². The number of carbonyl (C=O) groups is 1. The lowest BCUT2D eigenvalue weighted by molar-refractivity contribution is 0.0952. The summed E-state index contributed by atoms with van der Waals surface area (Å²) in [7, 11) is 0. The highest BCUT2D eigenvalue weighted by Crippen LogP contribution is 2.30. The summed E-state index contributed by atoms with van der Waals surface area (Å²) in [6, 6.07) is 6.00. The number of aromatic nitrogens is 2. The van der Waals surface area contributed by atoms with Gasteiger partial charge in [0, 0.05) is 16.5 Å². The minimum absolute atomic E-state index is 0.0418. The average molecular weight is 325 g/mol. The fourth-order valence-electron chi connectivity index (χ4n) is 3.37. The lowest BCUT2D eigenvalue weighted by Crippen LogP contribution is -2.23. The Labute approximate surface area is 138 Å². The molecular weight excluding hydrogens is 306 g/mol. The smallest absolute Gasteiger partial charge is 0.253 e. The molecule has 2 N–H and O–H groups in total. The number of nitrogens with zero attached hydrogens (tertiary/aromatic N) is 1. The Morgan fingerprint density at radius 1 is 1.35 bits per heavy atom. The largest absolute Gasteiger partial charge is 0.358 e. The molecule has 1 aliphatic carbocycles. The van der Waals surface area contributed by atoms with Crippen LogP contribution in [0.5, 0.6) is 0 Å². The van der Waals surface area contributed by atoms with Crippen LogP contribution in [0.1, 0.15) is 45.2 Å². The minimum Gasteiger partial charge on any atom is -0.358 e. The molecule has 23 heavy (non-hydrogen) atoms. The number of carbonyl (C=O) groups excluding carboxylic acids is 1. The van der Waals surface area contributed by atoms with Gasteiger partial charge in [-0.3, -0.25) is 4.79 Å². The van der Waals surface area contributed by atoms with Crippen molar-refractivity contribution >= 4 is 28.1 Å². The zero-order valence-corrected chi connectivity index (χ0v) is 13.9. The first-order valence-electron chi connectivity index (χ1n) is 8.04. The third-order valence-electron chi connectivity index (χ3n) is 4.47. The number of rotatable bonds is 3. The summed E-state index contributed by atoms with van der Waals surface area (Å²) in [5.41, 5.74) is 5.33. The van der Waals surface area contributed by atoms with Gasteiger partial charge in [0.15, 0.2) is 0 Å². The molecule has 0 saturated carbocycles. The second kappa shape index (κ2) is 5.81. The van der Waals surface area contributed by atoms with E-state index < -0.39 is 0 Å². The minimum atomic E-state index is -0.0418. The summed E-state index contributed by atoms with van der Waals surface area (Å²) in [4.78, 5) is 20.5. The first-order chi connectivity index (χ1) is 11.2. The summed E-state index contributed by atoms with van der Waals surface area (Å²) in [5, 5.41) is 7.20. The van der Waals surface area contributed by atoms with Crippen molar-refractivity contribution in [2.75, 3.05) is 0 Å². The van der Waals surface area contributed by atoms with Gasteiger partial charge in [-0.15, -0.1) is 11.3 Å². The Morgan fingerprint density at radius 2 is 2.22 bits per heavy atom. The molecule has 0 atom stereocenters. The zero-order valence-electron chi connectivity index (χ0n) is 13.1. The van der Waals surface area contributed by atoms with Crippen LogP contribution in [-0.4, -0.2) is 15.9 Å². The molecule has 2 heterocycles. The maximum absolute atomic E-state index is 12.6. The van der Waals surface area contributed by atoms with E-state index in [4.69, 9.17) is 0 Å². The van der Waals surface area contributed by atoms with E-state index in [1.807, 2.05) is 24.4 Å². The molecule has 2 aromatic heterocycles. The fourth-order valence-corrected chi connectivity index (χ4v) is 3.99. The SMILES string of the molecule is Cc1nc(CNC(=O)c2cccc3c4c([nH]c23)CCCC4)cs1.